The van der Waals surface area contributed by atoms with Gasteiger partial charge in [-0.2, -0.15) is 4.37 Å². The molecule has 146 valence electrons. The predicted molar refractivity (Wildman–Crippen MR) is 115 cm³/mol. The highest BCUT2D eigenvalue weighted by atomic mass is 32.1. The van der Waals surface area contributed by atoms with Gasteiger partial charge in [0.15, 0.2) is 0 Å². The van der Waals surface area contributed by atoms with E-state index in [4.69, 9.17) is 10.3 Å². The molecule has 0 fully saturated rings. The van der Waals surface area contributed by atoms with E-state index in [1.807, 2.05) is 5.38 Å². The van der Waals surface area contributed by atoms with Crippen molar-refractivity contribution in [3.63, 3.8) is 0 Å². The molecule has 0 amide bonds. The quantitative estimate of drug-likeness (QED) is 0.446. The zero-order valence-electron chi connectivity index (χ0n) is 16.2. The molecule has 3 aromatic rings. The van der Waals surface area contributed by atoms with Crippen LogP contribution in [-0.4, -0.2) is 22.6 Å². The molecule has 3 heterocycles. The summed E-state index contributed by atoms with van der Waals surface area (Å²) in [5, 5.41) is 17.5. The molecule has 3 aromatic heterocycles. The molecule has 0 bridgehead atoms. The number of anilines is 3. The highest BCUT2D eigenvalue weighted by Crippen LogP contribution is 2.30. The number of nitrogens with zero attached hydrogens (tertiary/aromatic N) is 2. The minimum Gasteiger partial charge on any atom is -0.397 e. The third-order valence-corrected chi connectivity index (χ3v) is 6.09. The molecule has 4 N–H and O–H groups in total. The van der Waals surface area contributed by atoms with Gasteiger partial charge in [0.05, 0.1) is 17.1 Å². The average molecular weight is 406 g/mol. The van der Waals surface area contributed by atoms with Crippen LogP contribution >= 0.6 is 22.9 Å². The van der Waals surface area contributed by atoms with Crippen molar-refractivity contribution in [2.24, 2.45) is 0 Å². The Balaban J connectivity index is 1.59. The Bertz CT molecular complexity index is 854. The first-order valence-electron chi connectivity index (χ1n) is 9.15. The summed E-state index contributed by atoms with van der Waals surface area (Å²) in [5.41, 5.74) is 12.1. The van der Waals surface area contributed by atoms with Crippen LogP contribution in [0.1, 0.15) is 62.4 Å². The van der Waals surface area contributed by atoms with Crippen molar-refractivity contribution in [1.29, 1.82) is 0 Å². The van der Waals surface area contributed by atoms with E-state index in [2.05, 4.69) is 58.6 Å². The normalized spacial score (nSPS) is 13.7. The van der Waals surface area contributed by atoms with Gasteiger partial charge in [0.2, 0.25) is 0 Å². The fourth-order valence-electron chi connectivity index (χ4n) is 2.98. The van der Waals surface area contributed by atoms with Crippen LogP contribution in [0, 0.1) is 0 Å². The van der Waals surface area contributed by atoms with Crippen LogP contribution in [0.2, 0.25) is 0 Å². The van der Waals surface area contributed by atoms with Gasteiger partial charge in [0, 0.05) is 41.4 Å². The number of nitrogens with one attached hydrogen (secondary N) is 2. The zero-order valence-corrected chi connectivity index (χ0v) is 17.8. The van der Waals surface area contributed by atoms with Gasteiger partial charge in [-0.3, -0.25) is 0 Å². The minimum absolute atomic E-state index is 0.214. The second-order valence-corrected chi connectivity index (χ2v) is 8.60. The molecule has 3 rings (SSSR count). The van der Waals surface area contributed by atoms with Gasteiger partial charge in [-0.05, 0) is 28.4 Å². The Labute approximate surface area is 168 Å². The number of rotatable bonds is 9. The lowest BCUT2D eigenvalue weighted by Crippen LogP contribution is -2.15. The SMILES string of the molecule is CC(C)c1cscc1NCC(C)c1nocc1NCC(C)c1nscc1N. The van der Waals surface area contributed by atoms with Crippen LogP contribution in [0.25, 0.3) is 0 Å². The van der Waals surface area contributed by atoms with Crippen molar-refractivity contribution >= 4 is 39.9 Å². The van der Waals surface area contributed by atoms with Crippen molar-refractivity contribution in [3.8, 4) is 0 Å². The molecule has 27 heavy (non-hydrogen) atoms. The standard InChI is InChI=1S/C19H27N5OS2/c1-11(2)14-8-26-10-17(14)22-6-13(4)19-16(7-25-23-19)21-5-12(3)18-15(20)9-27-24-18/h7-13,21-22H,5-6,20H2,1-4H3. The van der Waals surface area contributed by atoms with Crippen LogP contribution in [0.15, 0.2) is 26.9 Å². The third-order valence-electron chi connectivity index (χ3n) is 4.67. The summed E-state index contributed by atoms with van der Waals surface area (Å²) >= 11 is 3.13. The van der Waals surface area contributed by atoms with Gasteiger partial charge in [-0.25, -0.2) is 0 Å². The van der Waals surface area contributed by atoms with Crippen LogP contribution in [0.4, 0.5) is 17.1 Å². The molecule has 0 spiro atoms. The van der Waals surface area contributed by atoms with Crippen LogP contribution in [-0.2, 0) is 0 Å². The van der Waals surface area contributed by atoms with E-state index in [-0.39, 0.29) is 11.8 Å². The van der Waals surface area contributed by atoms with Crippen LogP contribution in [0.5, 0.6) is 0 Å². The molecular weight excluding hydrogens is 378 g/mol. The lowest BCUT2D eigenvalue weighted by Gasteiger charge is -2.16. The minimum atomic E-state index is 0.214. The maximum Gasteiger partial charge on any atom is 0.147 e. The van der Waals surface area contributed by atoms with E-state index in [0.717, 1.165) is 35.9 Å². The van der Waals surface area contributed by atoms with Crippen molar-refractivity contribution in [2.75, 3.05) is 29.5 Å². The largest absolute Gasteiger partial charge is 0.397 e. The molecule has 2 unspecified atom stereocenters. The van der Waals surface area contributed by atoms with Crippen LogP contribution in [0.3, 0.4) is 0 Å². The Morgan fingerprint density at radius 2 is 1.70 bits per heavy atom. The van der Waals surface area contributed by atoms with Gasteiger partial charge in [0.25, 0.3) is 0 Å². The monoisotopic (exact) mass is 405 g/mol. The summed E-state index contributed by atoms with van der Waals surface area (Å²) in [5.74, 6) is 0.940. The molecule has 2 atom stereocenters. The number of hydrogen-bond donors (Lipinski definition) is 3. The Morgan fingerprint density at radius 3 is 2.37 bits per heavy atom. The van der Waals surface area contributed by atoms with E-state index in [1.165, 1.54) is 22.8 Å². The van der Waals surface area contributed by atoms with E-state index < -0.39 is 0 Å². The summed E-state index contributed by atoms with van der Waals surface area (Å²) in [6.45, 7) is 10.2. The second kappa shape index (κ2) is 8.75. The summed E-state index contributed by atoms with van der Waals surface area (Å²) < 4.78 is 9.62. The lowest BCUT2D eigenvalue weighted by molar-refractivity contribution is 0.407. The molecule has 0 radical (unpaired) electrons. The summed E-state index contributed by atoms with van der Waals surface area (Å²) in [6, 6.07) is 0. The smallest absolute Gasteiger partial charge is 0.147 e. The molecule has 0 saturated heterocycles. The van der Waals surface area contributed by atoms with Gasteiger partial charge in [-0.1, -0.05) is 32.9 Å². The topological polar surface area (TPSA) is 89.0 Å². The molecular formula is C19H27N5OS2. The third kappa shape index (κ3) is 4.62. The first kappa shape index (κ1) is 19.7. The molecule has 6 nitrogen and oxygen atoms in total. The summed E-state index contributed by atoms with van der Waals surface area (Å²) in [6.07, 6.45) is 1.67. The van der Waals surface area contributed by atoms with Crippen molar-refractivity contribution in [2.45, 2.75) is 45.4 Å². The number of aromatic nitrogens is 2. The number of thiophene rings is 1. The molecule has 0 saturated carbocycles. The maximum absolute atomic E-state index is 5.97. The molecule has 0 aliphatic carbocycles. The molecule has 0 aliphatic heterocycles. The Kier molecular flexibility index (Phi) is 6.38. The van der Waals surface area contributed by atoms with E-state index in [0.29, 0.717) is 5.92 Å². The Hall–Kier alpha value is -2.06. The number of nitrogen functional groups attached to an aromatic ring is 1. The predicted octanol–water partition coefficient (Wildman–Crippen LogP) is 5.33. The maximum atomic E-state index is 5.97. The fraction of sp³-hybridized carbons (Fsp3) is 0.474. The van der Waals surface area contributed by atoms with Crippen LogP contribution < -0.4 is 16.4 Å². The molecule has 0 aromatic carbocycles. The second-order valence-electron chi connectivity index (χ2n) is 7.23. The number of nitrogens with two attached hydrogens (primary N) is 1. The highest BCUT2D eigenvalue weighted by molar-refractivity contribution is 7.08. The zero-order chi connectivity index (χ0) is 19.4. The molecule has 8 heteroatoms. The van der Waals surface area contributed by atoms with Crippen molar-refractivity contribution in [3.05, 3.63) is 39.4 Å². The van der Waals surface area contributed by atoms with Gasteiger partial charge >= 0.3 is 0 Å². The average Bonchev–Trinajstić information content (AvgIpc) is 3.37. The Morgan fingerprint density at radius 1 is 1.00 bits per heavy atom. The van der Waals surface area contributed by atoms with Gasteiger partial charge < -0.3 is 20.9 Å². The fourth-order valence-corrected chi connectivity index (χ4v) is 4.63. The van der Waals surface area contributed by atoms with E-state index in [1.54, 1.807) is 17.6 Å². The summed E-state index contributed by atoms with van der Waals surface area (Å²) in [7, 11) is 0. The summed E-state index contributed by atoms with van der Waals surface area (Å²) in [4.78, 5) is 0. The van der Waals surface area contributed by atoms with Crippen molar-refractivity contribution in [1.82, 2.24) is 9.53 Å². The number of hydrogen-bond acceptors (Lipinski definition) is 8. The van der Waals surface area contributed by atoms with Gasteiger partial charge in [-0.15, -0.1) is 11.3 Å². The first-order valence-corrected chi connectivity index (χ1v) is 10.9. The van der Waals surface area contributed by atoms with E-state index in [9.17, 15) is 0 Å². The highest BCUT2D eigenvalue weighted by Gasteiger charge is 2.18. The van der Waals surface area contributed by atoms with E-state index >= 15 is 0 Å². The molecule has 0 aliphatic rings. The lowest BCUT2D eigenvalue weighted by atomic mass is 10.0. The van der Waals surface area contributed by atoms with Crippen molar-refractivity contribution < 1.29 is 4.52 Å². The van der Waals surface area contributed by atoms with Gasteiger partial charge in [0.1, 0.15) is 12.0 Å². The first-order chi connectivity index (χ1) is 13.0.